The maximum absolute atomic E-state index is 8.76. The van der Waals surface area contributed by atoms with Gasteiger partial charge in [0.2, 0.25) is 0 Å². The molecule has 4 nitrogen and oxygen atoms in total. The zero-order valence-electron chi connectivity index (χ0n) is 6.23. The van der Waals surface area contributed by atoms with Crippen LogP contribution in [0.1, 0.15) is 5.56 Å². The lowest BCUT2D eigenvalue weighted by Crippen LogP contribution is -2.30. The highest BCUT2D eigenvalue weighted by atomic mass is 16.4. The van der Waals surface area contributed by atoms with Crippen LogP contribution in [-0.2, 0) is 0 Å². The Morgan fingerprint density at radius 1 is 1.33 bits per heavy atom. The minimum Gasteiger partial charge on any atom is -0.423 e. The number of rotatable bonds is 1. The van der Waals surface area contributed by atoms with Crippen molar-refractivity contribution < 1.29 is 10.0 Å². The molecule has 12 heavy (non-hydrogen) atoms. The zero-order valence-corrected chi connectivity index (χ0v) is 6.23. The summed E-state index contributed by atoms with van der Waals surface area (Å²) in [5.41, 5.74) is 6.29. The third-order valence-electron chi connectivity index (χ3n) is 1.40. The molecule has 0 aliphatic carbocycles. The van der Waals surface area contributed by atoms with Gasteiger partial charge in [0.1, 0.15) is 0 Å². The van der Waals surface area contributed by atoms with E-state index in [1.807, 2.05) is 6.07 Å². The Morgan fingerprint density at radius 2 is 2.00 bits per heavy atom. The van der Waals surface area contributed by atoms with Gasteiger partial charge in [-0.25, -0.2) is 0 Å². The summed E-state index contributed by atoms with van der Waals surface area (Å²) in [5.74, 6) is 0. The predicted molar refractivity (Wildman–Crippen MR) is 45.4 cm³/mol. The van der Waals surface area contributed by atoms with Crippen LogP contribution in [0.2, 0.25) is 0 Å². The maximum Gasteiger partial charge on any atom is 0.488 e. The lowest BCUT2D eigenvalue weighted by molar-refractivity contribution is 0.426. The van der Waals surface area contributed by atoms with Gasteiger partial charge < -0.3 is 15.8 Å². The third kappa shape index (κ3) is 1.75. The quantitative estimate of drug-likeness (QED) is 0.358. The number of nitriles is 1. The molecule has 0 aliphatic rings. The van der Waals surface area contributed by atoms with E-state index < -0.39 is 7.12 Å². The summed E-state index contributed by atoms with van der Waals surface area (Å²) in [4.78, 5) is 0. The standard InChI is InChI=1S/C7H7BN2O2/c9-4-5-1-6(8(11)12)3-7(10)2-5/h1-3,11-12H,10H2. The van der Waals surface area contributed by atoms with Crippen LogP contribution in [0.3, 0.4) is 0 Å². The van der Waals surface area contributed by atoms with E-state index in [1.54, 1.807) is 0 Å². The molecule has 0 heterocycles. The van der Waals surface area contributed by atoms with Crippen LogP contribution < -0.4 is 11.2 Å². The van der Waals surface area contributed by atoms with Gasteiger partial charge in [0.05, 0.1) is 11.6 Å². The Morgan fingerprint density at radius 3 is 2.50 bits per heavy atom. The molecule has 0 amide bonds. The van der Waals surface area contributed by atoms with Crippen molar-refractivity contribution in [3.63, 3.8) is 0 Å². The molecule has 0 unspecified atom stereocenters. The van der Waals surface area contributed by atoms with Crippen LogP contribution >= 0.6 is 0 Å². The lowest BCUT2D eigenvalue weighted by atomic mass is 9.79. The molecular weight excluding hydrogens is 155 g/mol. The van der Waals surface area contributed by atoms with Crippen molar-refractivity contribution in [1.29, 1.82) is 5.26 Å². The molecule has 0 saturated carbocycles. The van der Waals surface area contributed by atoms with E-state index in [0.717, 1.165) is 0 Å². The SMILES string of the molecule is N#Cc1cc(N)cc(B(O)O)c1. The number of anilines is 1. The molecule has 0 atom stereocenters. The Balaban J connectivity index is 3.17. The highest BCUT2D eigenvalue weighted by molar-refractivity contribution is 6.58. The van der Waals surface area contributed by atoms with Gasteiger partial charge >= 0.3 is 7.12 Å². The molecule has 4 N–H and O–H groups in total. The molecular formula is C7H7BN2O2. The van der Waals surface area contributed by atoms with Crippen molar-refractivity contribution >= 4 is 18.3 Å². The van der Waals surface area contributed by atoms with Crippen LogP contribution in [0.5, 0.6) is 0 Å². The van der Waals surface area contributed by atoms with Gasteiger partial charge in [-0.2, -0.15) is 5.26 Å². The molecule has 0 aromatic heterocycles. The molecule has 0 aliphatic heterocycles. The van der Waals surface area contributed by atoms with Crippen LogP contribution in [0.4, 0.5) is 5.69 Å². The Bertz CT molecular complexity index is 333. The van der Waals surface area contributed by atoms with Crippen molar-refractivity contribution in [3.8, 4) is 6.07 Å². The summed E-state index contributed by atoms with van der Waals surface area (Å²) in [5, 5.41) is 26.0. The highest BCUT2D eigenvalue weighted by Gasteiger charge is 2.11. The molecule has 0 radical (unpaired) electrons. The number of hydrogen-bond donors (Lipinski definition) is 3. The number of benzene rings is 1. The van der Waals surface area contributed by atoms with E-state index in [2.05, 4.69) is 0 Å². The normalized spacial score (nSPS) is 9.08. The molecule has 1 aromatic carbocycles. The lowest BCUT2D eigenvalue weighted by Gasteiger charge is -2.00. The smallest absolute Gasteiger partial charge is 0.423 e. The summed E-state index contributed by atoms with van der Waals surface area (Å²) in [6.45, 7) is 0. The van der Waals surface area contributed by atoms with Crippen molar-refractivity contribution in [1.82, 2.24) is 0 Å². The molecule has 0 spiro atoms. The van der Waals surface area contributed by atoms with Crippen molar-refractivity contribution in [2.45, 2.75) is 0 Å². The fourth-order valence-corrected chi connectivity index (χ4v) is 0.890. The second kappa shape index (κ2) is 3.26. The Hall–Kier alpha value is -1.51. The molecule has 60 valence electrons. The van der Waals surface area contributed by atoms with Gasteiger partial charge in [-0.1, -0.05) is 0 Å². The Labute approximate surface area is 70.0 Å². The second-order valence-corrected chi connectivity index (χ2v) is 2.37. The van der Waals surface area contributed by atoms with Crippen molar-refractivity contribution in [2.75, 3.05) is 5.73 Å². The Kier molecular flexibility index (Phi) is 2.33. The summed E-state index contributed by atoms with van der Waals surface area (Å²) >= 11 is 0. The summed E-state index contributed by atoms with van der Waals surface area (Å²) in [6.07, 6.45) is 0. The van der Waals surface area contributed by atoms with Crippen LogP contribution in [0.25, 0.3) is 0 Å². The number of nitrogens with zero attached hydrogens (tertiary/aromatic N) is 1. The number of hydrogen-bond acceptors (Lipinski definition) is 4. The largest absolute Gasteiger partial charge is 0.488 e. The molecule has 0 saturated heterocycles. The first-order valence-corrected chi connectivity index (χ1v) is 3.30. The van der Waals surface area contributed by atoms with Gasteiger partial charge in [-0.15, -0.1) is 0 Å². The van der Waals surface area contributed by atoms with Gasteiger partial charge in [-0.05, 0) is 23.7 Å². The van der Waals surface area contributed by atoms with Crippen LogP contribution in [0, 0.1) is 11.3 Å². The summed E-state index contributed by atoms with van der Waals surface area (Å²) < 4.78 is 0. The molecule has 0 bridgehead atoms. The van der Waals surface area contributed by atoms with Gasteiger partial charge in [-0.3, -0.25) is 0 Å². The van der Waals surface area contributed by atoms with Crippen LogP contribution in [-0.4, -0.2) is 17.2 Å². The van der Waals surface area contributed by atoms with Crippen molar-refractivity contribution in [2.24, 2.45) is 0 Å². The topological polar surface area (TPSA) is 90.3 Å². The zero-order chi connectivity index (χ0) is 9.14. The molecule has 5 heteroatoms. The minimum atomic E-state index is -1.58. The molecule has 1 rings (SSSR count). The van der Waals surface area contributed by atoms with Gasteiger partial charge in [0, 0.05) is 5.69 Å². The molecule has 1 aromatic rings. The minimum absolute atomic E-state index is 0.228. The number of nitrogen functional groups attached to an aromatic ring is 1. The first-order chi connectivity index (χ1) is 5.63. The average Bonchev–Trinajstić information content (AvgIpc) is 2.03. The second-order valence-electron chi connectivity index (χ2n) is 2.37. The van der Waals surface area contributed by atoms with E-state index in [1.165, 1.54) is 18.2 Å². The average molecular weight is 162 g/mol. The van der Waals surface area contributed by atoms with Gasteiger partial charge in [0.15, 0.2) is 0 Å². The van der Waals surface area contributed by atoms with Crippen LogP contribution in [0.15, 0.2) is 18.2 Å². The van der Waals surface area contributed by atoms with E-state index in [-0.39, 0.29) is 5.46 Å². The molecule has 0 fully saturated rings. The van der Waals surface area contributed by atoms with E-state index >= 15 is 0 Å². The number of nitrogens with two attached hydrogens (primary N) is 1. The third-order valence-corrected chi connectivity index (χ3v) is 1.40. The maximum atomic E-state index is 8.76. The fourth-order valence-electron chi connectivity index (χ4n) is 0.890. The van der Waals surface area contributed by atoms with Crippen molar-refractivity contribution in [3.05, 3.63) is 23.8 Å². The predicted octanol–water partition coefficient (Wildman–Crippen LogP) is -1.18. The van der Waals surface area contributed by atoms with E-state index in [0.29, 0.717) is 11.3 Å². The van der Waals surface area contributed by atoms with E-state index in [9.17, 15) is 0 Å². The first kappa shape index (κ1) is 8.59. The highest BCUT2D eigenvalue weighted by Crippen LogP contribution is 2.03. The van der Waals surface area contributed by atoms with E-state index in [4.69, 9.17) is 21.0 Å². The summed E-state index contributed by atoms with van der Waals surface area (Å²) in [6, 6.07) is 6.11. The van der Waals surface area contributed by atoms with Gasteiger partial charge in [0.25, 0.3) is 0 Å². The first-order valence-electron chi connectivity index (χ1n) is 3.30. The monoisotopic (exact) mass is 162 g/mol. The fraction of sp³-hybridized carbons (Fsp3) is 0. The summed E-state index contributed by atoms with van der Waals surface area (Å²) in [7, 11) is -1.58.